The minimum atomic E-state index is -0.155. The summed E-state index contributed by atoms with van der Waals surface area (Å²) >= 11 is 0. The number of ether oxygens (including phenoxy) is 1. The van der Waals surface area contributed by atoms with Crippen molar-refractivity contribution >= 4 is 6.03 Å². The molecule has 7 nitrogen and oxygen atoms in total. The molecule has 0 radical (unpaired) electrons. The molecule has 0 unspecified atom stereocenters. The first-order chi connectivity index (χ1) is 14.6. The van der Waals surface area contributed by atoms with Gasteiger partial charge in [0.2, 0.25) is 0 Å². The molecular weight excluding hydrogens is 378 g/mol. The fourth-order valence-corrected chi connectivity index (χ4v) is 3.97. The SMILES string of the molecule is Cc1nn(Cc2ccccc2)c(C)c1[C@@H]1COCCN1C(=O)NCc1cccnc1. The van der Waals surface area contributed by atoms with Crippen LogP contribution in [0.5, 0.6) is 0 Å². The lowest BCUT2D eigenvalue weighted by atomic mass is 10.0. The Bertz CT molecular complexity index is 988. The standard InChI is InChI=1S/C23H27N5O2/c1-17-22(18(2)28(26-17)15-19-7-4-3-5-8-19)21-16-30-12-11-27(21)23(29)25-14-20-9-6-10-24-13-20/h3-10,13,21H,11-12,14-16H2,1-2H3,(H,25,29)/t21-/m0/s1. The number of carbonyl (C=O) groups is 1. The van der Waals surface area contributed by atoms with Crippen LogP contribution in [0.1, 0.15) is 34.1 Å². The Labute approximate surface area is 176 Å². The number of carbonyl (C=O) groups excluding carboxylic acids is 1. The van der Waals surface area contributed by atoms with Gasteiger partial charge in [-0.25, -0.2) is 4.79 Å². The van der Waals surface area contributed by atoms with Gasteiger partial charge in [0.15, 0.2) is 0 Å². The molecule has 0 aliphatic carbocycles. The van der Waals surface area contributed by atoms with E-state index in [1.807, 2.05) is 46.8 Å². The molecule has 1 N–H and O–H groups in total. The number of benzene rings is 1. The second-order valence-corrected chi connectivity index (χ2v) is 7.53. The number of pyridine rings is 1. The van der Waals surface area contributed by atoms with Gasteiger partial charge in [0.1, 0.15) is 0 Å². The lowest BCUT2D eigenvalue weighted by molar-refractivity contribution is 0.0111. The van der Waals surface area contributed by atoms with Crippen LogP contribution in [0.4, 0.5) is 4.79 Å². The zero-order valence-electron chi connectivity index (χ0n) is 17.4. The summed E-state index contributed by atoms with van der Waals surface area (Å²) in [6.07, 6.45) is 3.49. The Hall–Kier alpha value is -3.19. The Morgan fingerprint density at radius 2 is 1.97 bits per heavy atom. The van der Waals surface area contributed by atoms with Crippen LogP contribution in [-0.4, -0.2) is 45.5 Å². The molecule has 30 heavy (non-hydrogen) atoms. The van der Waals surface area contributed by atoms with Gasteiger partial charge in [0, 0.05) is 36.7 Å². The lowest BCUT2D eigenvalue weighted by Crippen LogP contribution is -2.48. The Morgan fingerprint density at radius 1 is 1.17 bits per heavy atom. The second kappa shape index (κ2) is 9.09. The number of hydrogen-bond donors (Lipinski definition) is 1. The van der Waals surface area contributed by atoms with Crippen LogP contribution in [0.3, 0.4) is 0 Å². The normalized spacial score (nSPS) is 16.5. The van der Waals surface area contributed by atoms with Gasteiger partial charge >= 0.3 is 6.03 Å². The molecule has 156 valence electrons. The largest absolute Gasteiger partial charge is 0.377 e. The summed E-state index contributed by atoms with van der Waals surface area (Å²) in [7, 11) is 0. The van der Waals surface area contributed by atoms with Crippen LogP contribution < -0.4 is 5.32 Å². The van der Waals surface area contributed by atoms with Crippen molar-refractivity contribution in [3.05, 3.63) is 82.9 Å². The molecule has 1 fully saturated rings. The molecule has 0 saturated carbocycles. The summed E-state index contributed by atoms with van der Waals surface area (Å²) in [5.74, 6) is 0. The van der Waals surface area contributed by atoms with Crippen LogP contribution in [0.2, 0.25) is 0 Å². The number of nitrogens with one attached hydrogen (secondary N) is 1. The van der Waals surface area contributed by atoms with E-state index < -0.39 is 0 Å². The molecular formula is C23H27N5O2. The fourth-order valence-electron chi connectivity index (χ4n) is 3.97. The molecule has 0 bridgehead atoms. The molecule has 4 rings (SSSR count). The van der Waals surface area contributed by atoms with Crippen LogP contribution >= 0.6 is 0 Å². The Morgan fingerprint density at radius 3 is 2.73 bits per heavy atom. The average Bonchev–Trinajstić information content (AvgIpc) is 3.06. The molecule has 1 aromatic carbocycles. The lowest BCUT2D eigenvalue weighted by Gasteiger charge is -2.36. The molecule has 1 aliphatic rings. The molecule has 7 heteroatoms. The van der Waals surface area contributed by atoms with Gasteiger partial charge in [-0.3, -0.25) is 9.67 Å². The zero-order chi connectivity index (χ0) is 20.9. The molecule has 3 heterocycles. The minimum absolute atomic E-state index is 0.0956. The highest BCUT2D eigenvalue weighted by molar-refractivity contribution is 5.75. The molecule has 2 aromatic heterocycles. The van der Waals surface area contributed by atoms with Crippen molar-refractivity contribution in [1.82, 2.24) is 25.0 Å². The van der Waals surface area contributed by atoms with Gasteiger partial charge in [0.05, 0.1) is 31.5 Å². The number of aryl methyl sites for hydroxylation is 1. The number of hydrogen-bond acceptors (Lipinski definition) is 4. The van der Waals surface area contributed by atoms with Crippen molar-refractivity contribution in [3.63, 3.8) is 0 Å². The summed E-state index contributed by atoms with van der Waals surface area (Å²) < 4.78 is 7.76. The van der Waals surface area contributed by atoms with Gasteiger partial charge in [0.25, 0.3) is 0 Å². The third kappa shape index (κ3) is 4.36. The van der Waals surface area contributed by atoms with Crippen molar-refractivity contribution in [1.29, 1.82) is 0 Å². The highest BCUT2D eigenvalue weighted by atomic mass is 16.5. The van der Waals surface area contributed by atoms with E-state index in [0.717, 1.165) is 22.5 Å². The first kappa shape index (κ1) is 20.1. The number of aromatic nitrogens is 3. The maximum absolute atomic E-state index is 13.0. The fraction of sp³-hybridized carbons (Fsp3) is 0.348. The van der Waals surface area contributed by atoms with E-state index in [0.29, 0.717) is 32.8 Å². The van der Waals surface area contributed by atoms with E-state index in [1.165, 1.54) is 5.56 Å². The Kier molecular flexibility index (Phi) is 6.09. The average molecular weight is 406 g/mol. The Balaban J connectivity index is 1.53. The predicted molar refractivity (Wildman–Crippen MR) is 114 cm³/mol. The smallest absolute Gasteiger partial charge is 0.318 e. The third-order valence-corrected chi connectivity index (χ3v) is 5.50. The highest BCUT2D eigenvalue weighted by Crippen LogP contribution is 2.30. The molecule has 1 aliphatic heterocycles. The van der Waals surface area contributed by atoms with Crippen molar-refractivity contribution in [2.24, 2.45) is 0 Å². The molecule has 3 aromatic rings. The molecule has 1 saturated heterocycles. The highest BCUT2D eigenvalue weighted by Gasteiger charge is 2.32. The molecule has 0 spiro atoms. The molecule has 2 amide bonds. The third-order valence-electron chi connectivity index (χ3n) is 5.50. The monoisotopic (exact) mass is 405 g/mol. The van der Waals surface area contributed by atoms with Crippen LogP contribution in [-0.2, 0) is 17.8 Å². The van der Waals surface area contributed by atoms with Gasteiger partial charge in [-0.15, -0.1) is 0 Å². The quantitative estimate of drug-likeness (QED) is 0.707. The van der Waals surface area contributed by atoms with Gasteiger partial charge in [-0.2, -0.15) is 5.10 Å². The summed E-state index contributed by atoms with van der Waals surface area (Å²) in [5, 5.41) is 7.78. The predicted octanol–water partition coefficient (Wildman–Crippen LogP) is 3.23. The maximum Gasteiger partial charge on any atom is 0.318 e. The van der Waals surface area contributed by atoms with E-state index in [2.05, 4.69) is 29.4 Å². The van der Waals surface area contributed by atoms with Crippen molar-refractivity contribution in [2.75, 3.05) is 19.8 Å². The molecule has 1 atom stereocenters. The number of urea groups is 1. The van der Waals surface area contributed by atoms with Crippen molar-refractivity contribution < 1.29 is 9.53 Å². The van der Waals surface area contributed by atoms with E-state index >= 15 is 0 Å². The number of morpholine rings is 1. The van der Waals surface area contributed by atoms with Gasteiger partial charge < -0.3 is 15.0 Å². The van der Waals surface area contributed by atoms with E-state index in [1.54, 1.807) is 12.4 Å². The van der Waals surface area contributed by atoms with Crippen molar-refractivity contribution in [2.45, 2.75) is 33.0 Å². The van der Waals surface area contributed by atoms with Crippen LogP contribution in [0.25, 0.3) is 0 Å². The van der Waals surface area contributed by atoms with Gasteiger partial charge in [-0.05, 0) is 31.0 Å². The minimum Gasteiger partial charge on any atom is -0.377 e. The second-order valence-electron chi connectivity index (χ2n) is 7.53. The summed E-state index contributed by atoms with van der Waals surface area (Å²) in [4.78, 5) is 19.0. The van der Waals surface area contributed by atoms with Gasteiger partial charge in [-0.1, -0.05) is 36.4 Å². The van der Waals surface area contributed by atoms with Crippen molar-refractivity contribution in [3.8, 4) is 0 Å². The number of rotatable bonds is 5. The number of nitrogens with zero attached hydrogens (tertiary/aromatic N) is 4. The van der Waals surface area contributed by atoms with Crippen LogP contribution in [0.15, 0.2) is 54.9 Å². The zero-order valence-corrected chi connectivity index (χ0v) is 17.4. The van der Waals surface area contributed by atoms with E-state index in [9.17, 15) is 4.79 Å². The summed E-state index contributed by atoms with van der Waals surface area (Å²) in [5.41, 5.74) is 5.24. The maximum atomic E-state index is 13.0. The first-order valence-corrected chi connectivity index (χ1v) is 10.2. The summed E-state index contributed by atoms with van der Waals surface area (Å²) in [6.45, 7) is 6.78. The summed E-state index contributed by atoms with van der Waals surface area (Å²) in [6, 6.07) is 13.8. The van der Waals surface area contributed by atoms with E-state index in [-0.39, 0.29) is 12.1 Å². The topological polar surface area (TPSA) is 72.3 Å². The first-order valence-electron chi connectivity index (χ1n) is 10.2. The van der Waals surface area contributed by atoms with Crippen LogP contribution in [0, 0.1) is 13.8 Å². The number of amides is 2. The van der Waals surface area contributed by atoms with E-state index in [4.69, 9.17) is 9.84 Å².